The van der Waals surface area contributed by atoms with Crippen molar-refractivity contribution in [2.24, 2.45) is 0 Å². The Labute approximate surface area is 102 Å². The van der Waals surface area contributed by atoms with Crippen molar-refractivity contribution >= 4 is 21.2 Å². The SMILES string of the molecule is CS(=O)(=O)c1cccc2c1NCC1CCCN21. The minimum atomic E-state index is -3.16. The molecule has 1 unspecified atom stereocenters. The summed E-state index contributed by atoms with van der Waals surface area (Å²) in [6.45, 7) is 1.88. The largest absolute Gasteiger partial charge is 0.380 e. The van der Waals surface area contributed by atoms with Gasteiger partial charge in [-0.2, -0.15) is 0 Å². The van der Waals surface area contributed by atoms with E-state index in [4.69, 9.17) is 0 Å². The molecule has 0 amide bonds. The van der Waals surface area contributed by atoms with E-state index in [0.29, 0.717) is 10.9 Å². The summed E-state index contributed by atoms with van der Waals surface area (Å²) in [6.07, 6.45) is 3.64. The highest BCUT2D eigenvalue weighted by Crippen LogP contribution is 2.39. The van der Waals surface area contributed by atoms with Gasteiger partial charge in [0.05, 0.1) is 16.3 Å². The summed E-state index contributed by atoms with van der Waals surface area (Å²) in [5, 5.41) is 3.29. The Bertz CT molecular complexity index is 554. The molecule has 17 heavy (non-hydrogen) atoms. The van der Waals surface area contributed by atoms with E-state index in [-0.39, 0.29) is 0 Å². The zero-order chi connectivity index (χ0) is 12.0. The van der Waals surface area contributed by atoms with Crippen LogP contribution in [0, 0.1) is 0 Å². The number of hydrogen-bond acceptors (Lipinski definition) is 4. The van der Waals surface area contributed by atoms with Crippen molar-refractivity contribution in [2.45, 2.75) is 23.8 Å². The predicted octanol–water partition coefficient (Wildman–Crippen LogP) is 1.48. The minimum Gasteiger partial charge on any atom is -0.380 e. The fourth-order valence-electron chi connectivity index (χ4n) is 2.83. The Morgan fingerprint density at radius 2 is 2.24 bits per heavy atom. The highest BCUT2D eigenvalue weighted by atomic mass is 32.2. The summed E-state index contributed by atoms with van der Waals surface area (Å²) in [7, 11) is -3.16. The molecule has 0 aromatic heterocycles. The van der Waals surface area contributed by atoms with E-state index in [2.05, 4.69) is 10.2 Å². The van der Waals surface area contributed by atoms with E-state index in [1.165, 1.54) is 19.1 Å². The molecule has 92 valence electrons. The minimum absolute atomic E-state index is 0.417. The van der Waals surface area contributed by atoms with Crippen LogP contribution < -0.4 is 10.2 Å². The monoisotopic (exact) mass is 252 g/mol. The average Bonchev–Trinajstić information content (AvgIpc) is 2.75. The Morgan fingerprint density at radius 3 is 3.00 bits per heavy atom. The molecular formula is C12H16N2O2S. The number of fused-ring (bicyclic) bond motifs is 3. The predicted molar refractivity (Wildman–Crippen MR) is 68.4 cm³/mol. The van der Waals surface area contributed by atoms with Gasteiger partial charge in [-0.25, -0.2) is 8.42 Å². The van der Waals surface area contributed by atoms with Gasteiger partial charge in [0.25, 0.3) is 0 Å². The summed E-state index contributed by atoms with van der Waals surface area (Å²) in [5.74, 6) is 0. The van der Waals surface area contributed by atoms with Gasteiger partial charge in [0.15, 0.2) is 9.84 Å². The zero-order valence-electron chi connectivity index (χ0n) is 9.81. The maximum Gasteiger partial charge on any atom is 0.177 e. The number of para-hydroxylation sites is 1. The topological polar surface area (TPSA) is 49.4 Å². The number of benzene rings is 1. The number of hydrogen-bond donors (Lipinski definition) is 1. The van der Waals surface area contributed by atoms with Crippen molar-refractivity contribution in [3.05, 3.63) is 18.2 Å². The van der Waals surface area contributed by atoms with E-state index in [1.54, 1.807) is 6.07 Å². The number of sulfone groups is 1. The molecule has 0 spiro atoms. The molecule has 1 fully saturated rings. The van der Waals surface area contributed by atoms with Crippen LogP contribution in [0.1, 0.15) is 12.8 Å². The molecule has 1 aromatic rings. The Morgan fingerprint density at radius 1 is 1.41 bits per heavy atom. The molecule has 0 radical (unpaired) electrons. The molecule has 1 aromatic carbocycles. The molecule has 1 atom stereocenters. The van der Waals surface area contributed by atoms with E-state index in [9.17, 15) is 8.42 Å². The maximum atomic E-state index is 11.7. The lowest BCUT2D eigenvalue weighted by atomic mass is 10.1. The van der Waals surface area contributed by atoms with Gasteiger partial charge in [0, 0.05) is 25.4 Å². The first-order chi connectivity index (χ1) is 8.07. The molecule has 0 bridgehead atoms. The highest BCUT2D eigenvalue weighted by molar-refractivity contribution is 7.90. The molecule has 4 nitrogen and oxygen atoms in total. The van der Waals surface area contributed by atoms with Crippen molar-refractivity contribution in [1.29, 1.82) is 0 Å². The molecule has 2 heterocycles. The van der Waals surface area contributed by atoms with Crippen molar-refractivity contribution < 1.29 is 8.42 Å². The smallest absolute Gasteiger partial charge is 0.177 e. The van der Waals surface area contributed by atoms with Gasteiger partial charge >= 0.3 is 0 Å². The van der Waals surface area contributed by atoms with Crippen molar-refractivity contribution in [1.82, 2.24) is 0 Å². The van der Waals surface area contributed by atoms with Crippen LogP contribution in [-0.2, 0) is 9.84 Å². The van der Waals surface area contributed by atoms with Crippen LogP contribution in [0.15, 0.2) is 23.1 Å². The number of anilines is 2. The maximum absolute atomic E-state index is 11.7. The molecule has 1 saturated heterocycles. The van der Waals surface area contributed by atoms with Crippen LogP contribution in [0.25, 0.3) is 0 Å². The number of nitrogens with one attached hydrogen (secondary N) is 1. The summed E-state index contributed by atoms with van der Waals surface area (Å²) >= 11 is 0. The second-order valence-electron chi connectivity index (χ2n) is 4.79. The first-order valence-corrected chi connectivity index (χ1v) is 7.80. The lowest BCUT2D eigenvalue weighted by molar-refractivity contribution is 0.601. The zero-order valence-corrected chi connectivity index (χ0v) is 10.6. The quantitative estimate of drug-likeness (QED) is 0.822. The molecule has 0 saturated carbocycles. The fraction of sp³-hybridized carbons (Fsp3) is 0.500. The number of rotatable bonds is 1. The lowest BCUT2D eigenvalue weighted by Crippen LogP contribution is -2.39. The molecule has 1 N–H and O–H groups in total. The van der Waals surface area contributed by atoms with Crippen molar-refractivity contribution in [3.63, 3.8) is 0 Å². The molecule has 3 rings (SSSR count). The molecule has 0 aliphatic carbocycles. The average molecular weight is 252 g/mol. The van der Waals surface area contributed by atoms with Crippen LogP contribution >= 0.6 is 0 Å². The third kappa shape index (κ3) is 1.69. The first kappa shape index (κ1) is 10.9. The molecular weight excluding hydrogens is 236 g/mol. The lowest BCUT2D eigenvalue weighted by Gasteiger charge is -2.35. The van der Waals surface area contributed by atoms with Crippen molar-refractivity contribution in [2.75, 3.05) is 29.6 Å². The highest BCUT2D eigenvalue weighted by Gasteiger charge is 2.32. The van der Waals surface area contributed by atoms with Crippen LogP contribution in [0.5, 0.6) is 0 Å². The van der Waals surface area contributed by atoms with E-state index >= 15 is 0 Å². The van der Waals surface area contributed by atoms with Crippen LogP contribution in [0.3, 0.4) is 0 Å². The second-order valence-corrected chi connectivity index (χ2v) is 6.78. The van der Waals surface area contributed by atoms with Crippen LogP contribution in [0.4, 0.5) is 11.4 Å². The van der Waals surface area contributed by atoms with Gasteiger partial charge in [0.2, 0.25) is 0 Å². The normalized spacial score (nSPS) is 22.9. The first-order valence-electron chi connectivity index (χ1n) is 5.91. The summed E-state index contributed by atoms with van der Waals surface area (Å²) in [6, 6.07) is 6.04. The summed E-state index contributed by atoms with van der Waals surface area (Å²) in [4.78, 5) is 2.75. The van der Waals surface area contributed by atoms with E-state index < -0.39 is 9.84 Å². The Kier molecular flexibility index (Phi) is 2.33. The van der Waals surface area contributed by atoms with Gasteiger partial charge in [-0.1, -0.05) is 6.07 Å². The van der Waals surface area contributed by atoms with Crippen LogP contribution in [-0.4, -0.2) is 33.8 Å². The third-order valence-corrected chi connectivity index (χ3v) is 4.74. The van der Waals surface area contributed by atoms with Gasteiger partial charge in [-0.3, -0.25) is 0 Å². The van der Waals surface area contributed by atoms with Gasteiger partial charge in [-0.05, 0) is 25.0 Å². The molecule has 2 aliphatic rings. The molecule has 2 aliphatic heterocycles. The van der Waals surface area contributed by atoms with E-state index in [0.717, 1.165) is 24.5 Å². The van der Waals surface area contributed by atoms with Crippen molar-refractivity contribution in [3.8, 4) is 0 Å². The summed E-state index contributed by atoms with van der Waals surface area (Å²) < 4.78 is 23.5. The number of nitrogens with zero attached hydrogens (tertiary/aromatic N) is 1. The standard InChI is InChI=1S/C12H16N2O2S/c1-17(15,16)11-6-2-5-10-12(11)13-8-9-4-3-7-14(9)10/h2,5-6,9,13H,3-4,7-8H2,1H3. The Hall–Kier alpha value is -1.23. The van der Waals surface area contributed by atoms with Crippen LogP contribution in [0.2, 0.25) is 0 Å². The van der Waals surface area contributed by atoms with Gasteiger partial charge in [0.1, 0.15) is 0 Å². The summed E-state index contributed by atoms with van der Waals surface area (Å²) in [5.41, 5.74) is 1.83. The Balaban J connectivity index is 2.16. The van der Waals surface area contributed by atoms with E-state index in [1.807, 2.05) is 12.1 Å². The second kappa shape index (κ2) is 3.63. The molecule has 5 heteroatoms. The third-order valence-electron chi connectivity index (χ3n) is 3.60. The van der Waals surface area contributed by atoms with Gasteiger partial charge < -0.3 is 10.2 Å². The van der Waals surface area contributed by atoms with Gasteiger partial charge in [-0.15, -0.1) is 0 Å². The fourth-order valence-corrected chi connectivity index (χ4v) is 3.70.